The lowest BCUT2D eigenvalue weighted by Crippen LogP contribution is -2.19. The monoisotopic (exact) mass is 274 g/mol. The van der Waals surface area contributed by atoms with Crippen LogP contribution in [0.1, 0.15) is 34.8 Å². The zero-order valence-corrected chi connectivity index (χ0v) is 11.4. The van der Waals surface area contributed by atoms with Crippen molar-refractivity contribution in [3.63, 3.8) is 0 Å². The fourth-order valence-corrected chi connectivity index (χ4v) is 3.78. The van der Waals surface area contributed by atoms with Crippen LogP contribution in [0.15, 0.2) is 35.7 Å². The summed E-state index contributed by atoms with van der Waals surface area (Å²) in [7, 11) is 0. The molecule has 0 aliphatic heterocycles. The number of hydrogen-bond acceptors (Lipinski definition) is 2. The minimum atomic E-state index is -0.273. The van der Waals surface area contributed by atoms with Gasteiger partial charge in [-0.05, 0) is 54.0 Å². The minimum absolute atomic E-state index is 0.0123. The van der Waals surface area contributed by atoms with Crippen LogP contribution in [0.5, 0.6) is 0 Å². The van der Waals surface area contributed by atoms with Crippen LogP contribution in [0.4, 0.5) is 4.39 Å². The lowest BCUT2D eigenvalue weighted by molar-refractivity contribution is -0.120. The highest BCUT2D eigenvalue weighted by Crippen LogP contribution is 2.36. The molecule has 1 heterocycles. The van der Waals surface area contributed by atoms with Crippen molar-refractivity contribution in [2.45, 2.75) is 31.6 Å². The Bertz CT molecular complexity index is 602. The summed E-state index contributed by atoms with van der Waals surface area (Å²) in [6.07, 6.45) is 3.43. The van der Waals surface area contributed by atoms with Gasteiger partial charge >= 0.3 is 0 Å². The average molecular weight is 274 g/mol. The predicted octanol–water partition coefficient (Wildman–Crippen LogP) is 4.12. The van der Waals surface area contributed by atoms with Crippen molar-refractivity contribution in [3.8, 4) is 0 Å². The van der Waals surface area contributed by atoms with Crippen molar-refractivity contribution in [2.75, 3.05) is 0 Å². The molecule has 3 heteroatoms. The molecule has 19 heavy (non-hydrogen) atoms. The summed E-state index contributed by atoms with van der Waals surface area (Å²) < 4.78 is 13.1. The Hall–Kier alpha value is -1.48. The van der Waals surface area contributed by atoms with E-state index in [0.717, 1.165) is 24.8 Å². The van der Waals surface area contributed by atoms with Crippen molar-refractivity contribution in [3.05, 3.63) is 57.5 Å². The van der Waals surface area contributed by atoms with Gasteiger partial charge in [-0.2, -0.15) is 0 Å². The van der Waals surface area contributed by atoms with Crippen molar-refractivity contribution < 1.29 is 9.18 Å². The van der Waals surface area contributed by atoms with Gasteiger partial charge in [0.05, 0.1) is 0 Å². The van der Waals surface area contributed by atoms with Crippen LogP contribution in [-0.2, 0) is 17.6 Å². The van der Waals surface area contributed by atoms with Gasteiger partial charge in [0.25, 0.3) is 0 Å². The Labute approximate surface area is 116 Å². The Morgan fingerprint density at radius 3 is 3.11 bits per heavy atom. The third-order valence-electron chi connectivity index (χ3n) is 3.71. The number of fused-ring (bicyclic) bond motifs is 1. The molecule has 0 fully saturated rings. The number of rotatable bonds is 3. The molecule has 1 unspecified atom stereocenters. The summed E-state index contributed by atoms with van der Waals surface area (Å²) in [5.74, 6) is -0.0478. The minimum Gasteiger partial charge on any atom is -0.299 e. The number of carbonyl (C=O) groups excluding carboxylic acids is 1. The highest BCUT2D eigenvalue weighted by atomic mass is 32.1. The zero-order valence-electron chi connectivity index (χ0n) is 10.6. The summed E-state index contributed by atoms with van der Waals surface area (Å²) >= 11 is 1.74. The number of hydrogen-bond donors (Lipinski definition) is 0. The number of thiophene rings is 1. The van der Waals surface area contributed by atoms with Crippen molar-refractivity contribution in [1.82, 2.24) is 0 Å². The Morgan fingerprint density at radius 2 is 2.26 bits per heavy atom. The van der Waals surface area contributed by atoms with Crippen LogP contribution in [0, 0.1) is 5.82 Å². The molecule has 98 valence electrons. The second kappa shape index (κ2) is 5.25. The molecule has 0 saturated heterocycles. The Kier molecular flexibility index (Phi) is 3.47. The van der Waals surface area contributed by atoms with Gasteiger partial charge in [-0.15, -0.1) is 11.3 Å². The number of ketones is 1. The maximum absolute atomic E-state index is 13.1. The third-order valence-corrected chi connectivity index (χ3v) is 4.70. The molecule has 0 radical (unpaired) electrons. The first-order valence-electron chi connectivity index (χ1n) is 6.57. The van der Waals surface area contributed by atoms with E-state index in [1.165, 1.54) is 22.6 Å². The van der Waals surface area contributed by atoms with E-state index in [1.54, 1.807) is 17.4 Å². The summed E-state index contributed by atoms with van der Waals surface area (Å²) in [6, 6.07) is 8.42. The van der Waals surface area contributed by atoms with Gasteiger partial charge in [-0.25, -0.2) is 4.39 Å². The molecule has 2 aromatic rings. The number of carbonyl (C=O) groups is 1. The quantitative estimate of drug-likeness (QED) is 0.823. The lowest BCUT2D eigenvalue weighted by atomic mass is 9.83. The molecule has 1 aromatic heterocycles. The van der Waals surface area contributed by atoms with E-state index in [-0.39, 0.29) is 17.5 Å². The molecule has 1 aliphatic rings. The number of benzene rings is 1. The molecule has 0 spiro atoms. The number of aryl methyl sites for hydroxylation is 1. The topological polar surface area (TPSA) is 17.1 Å². The van der Waals surface area contributed by atoms with Gasteiger partial charge in [0, 0.05) is 17.2 Å². The Morgan fingerprint density at radius 1 is 1.37 bits per heavy atom. The first kappa shape index (κ1) is 12.5. The Balaban J connectivity index is 1.79. The van der Waals surface area contributed by atoms with E-state index in [1.807, 2.05) is 6.07 Å². The lowest BCUT2D eigenvalue weighted by Gasteiger charge is -2.21. The molecular weight excluding hydrogens is 259 g/mol. The fourth-order valence-electron chi connectivity index (χ4n) is 2.79. The standard InChI is InChI=1S/C16H15FOS/c17-12-4-1-3-11(9-12)10-15(18)13-5-2-6-16-14(13)7-8-19-16/h1,3-4,7-9,13H,2,5-6,10H2. The van der Waals surface area contributed by atoms with Gasteiger partial charge in [0.1, 0.15) is 11.6 Å². The SMILES string of the molecule is O=C(Cc1cccc(F)c1)C1CCCc2sccc21. The summed E-state index contributed by atoms with van der Waals surface area (Å²) in [5.41, 5.74) is 1.98. The van der Waals surface area contributed by atoms with Gasteiger partial charge in [-0.3, -0.25) is 4.79 Å². The smallest absolute Gasteiger partial charge is 0.144 e. The van der Waals surface area contributed by atoms with Gasteiger partial charge in [0.15, 0.2) is 0 Å². The third kappa shape index (κ3) is 2.61. The fraction of sp³-hybridized carbons (Fsp3) is 0.312. The first-order chi connectivity index (χ1) is 9.24. The van der Waals surface area contributed by atoms with Gasteiger partial charge < -0.3 is 0 Å². The summed E-state index contributed by atoms with van der Waals surface area (Å²) in [4.78, 5) is 13.8. The van der Waals surface area contributed by atoms with E-state index in [4.69, 9.17) is 0 Å². The molecule has 1 aromatic carbocycles. The highest BCUT2D eigenvalue weighted by Gasteiger charge is 2.26. The van der Waals surface area contributed by atoms with Gasteiger partial charge in [0.2, 0.25) is 0 Å². The summed E-state index contributed by atoms with van der Waals surface area (Å²) in [5, 5.41) is 2.07. The van der Waals surface area contributed by atoms with Crippen LogP contribution >= 0.6 is 11.3 Å². The second-order valence-corrected chi connectivity index (χ2v) is 6.02. The van der Waals surface area contributed by atoms with E-state index in [0.29, 0.717) is 6.42 Å². The molecular formula is C16H15FOS. The number of halogens is 1. The summed E-state index contributed by atoms with van der Waals surface area (Å²) in [6.45, 7) is 0. The molecule has 3 rings (SSSR count). The molecule has 1 aliphatic carbocycles. The molecule has 0 N–H and O–H groups in total. The van der Waals surface area contributed by atoms with E-state index >= 15 is 0 Å². The first-order valence-corrected chi connectivity index (χ1v) is 7.45. The molecule has 0 saturated carbocycles. The number of Topliss-reactive ketones (excluding diaryl/α,β-unsaturated/α-hetero) is 1. The predicted molar refractivity (Wildman–Crippen MR) is 75.1 cm³/mol. The van der Waals surface area contributed by atoms with Crippen LogP contribution < -0.4 is 0 Å². The largest absolute Gasteiger partial charge is 0.299 e. The maximum Gasteiger partial charge on any atom is 0.144 e. The van der Waals surface area contributed by atoms with Gasteiger partial charge in [-0.1, -0.05) is 12.1 Å². The maximum atomic E-state index is 13.1. The zero-order chi connectivity index (χ0) is 13.2. The van der Waals surface area contributed by atoms with E-state index in [2.05, 4.69) is 11.4 Å². The molecule has 1 atom stereocenters. The molecule has 0 amide bonds. The van der Waals surface area contributed by atoms with Crippen molar-refractivity contribution in [2.24, 2.45) is 0 Å². The van der Waals surface area contributed by atoms with Crippen LogP contribution in [-0.4, -0.2) is 5.78 Å². The highest BCUT2D eigenvalue weighted by molar-refractivity contribution is 7.10. The molecule has 0 bridgehead atoms. The average Bonchev–Trinajstić information content (AvgIpc) is 2.86. The van der Waals surface area contributed by atoms with E-state index in [9.17, 15) is 9.18 Å². The van der Waals surface area contributed by atoms with Crippen LogP contribution in [0.25, 0.3) is 0 Å². The van der Waals surface area contributed by atoms with Crippen LogP contribution in [0.2, 0.25) is 0 Å². The van der Waals surface area contributed by atoms with Crippen LogP contribution in [0.3, 0.4) is 0 Å². The molecule has 1 nitrogen and oxygen atoms in total. The van der Waals surface area contributed by atoms with Crippen molar-refractivity contribution >= 4 is 17.1 Å². The van der Waals surface area contributed by atoms with Crippen molar-refractivity contribution in [1.29, 1.82) is 0 Å². The van der Waals surface area contributed by atoms with E-state index < -0.39 is 0 Å². The second-order valence-electron chi connectivity index (χ2n) is 5.02. The normalized spacial score (nSPS) is 18.1.